The summed E-state index contributed by atoms with van der Waals surface area (Å²) in [4.78, 5) is 10.6. The fourth-order valence-corrected chi connectivity index (χ4v) is 1.30. The van der Waals surface area contributed by atoms with Gasteiger partial charge in [-0.2, -0.15) is 5.10 Å². The Morgan fingerprint density at radius 3 is 3.06 bits per heavy atom. The number of nitrogens with zero attached hydrogens (tertiary/aromatic N) is 1. The Bertz CT molecular complexity index is 500. The number of aromatic nitrogens is 2. The van der Waals surface area contributed by atoms with Crippen LogP contribution in [0.25, 0.3) is 11.5 Å². The highest BCUT2D eigenvalue weighted by molar-refractivity contribution is 5.86. The molecule has 0 atom stereocenters. The van der Waals surface area contributed by atoms with Gasteiger partial charge in [-0.25, -0.2) is 4.79 Å². The monoisotopic (exact) mass is 222 g/mol. The largest absolute Gasteiger partial charge is 0.476 e. The van der Waals surface area contributed by atoms with E-state index in [0.717, 1.165) is 0 Å². The van der Waals surface area contributed by atoms with Gasteiger partial charge < -0.3 is 14.3 Å². The van der Waals surface area contributed by atoms with E-state index in [1.165, 1.54) is 6.07 Å². The van der Waals surface area contributed by atoms with Gasteiger partial charge in [-0.05, 0) is 12.1 Å². The average molecular weight is 222 g/mol. The first-order valence-electron chi connectivity index (χ1n) is 4.57. The predicted molar refractivity (Wildman–Crippen MR) is 54.0 cm³/mol. The van der Waals surface area contributed by atoms with Crippen LogP contribution in [0.1, 0.15) is 16.2 Å². The van der Waals surface area contributed by atoms with Crippen LogP contribution in [0.5, 0.6) is 0 Å². The van der Waals surface area contributed by atoms with E-state index in [2.05, 4.69) is 10.2 Å². The number of rotatable bonds is 4. The zero-order valence-corrected chi connectivity index (χ0v) is 8.56. The number of furan rings is 1. The van der Waals surface area contributed by atoms with Gasteiger partial charge in [-0.3, -0.25) is 5.10 Å². The number of methoxy groups -OCH3 is 1. The number of hydrogen-bond acceptors (Lipinski definition) is 4. The summed E-state index contributed by atoms with van der Waals surface area (Å²) < 4.78 is 10.3. The molecule has 0 unspecified atom stereocenters. The maximum atomic E-state index is 10.6. The van der Waals surface area contributed by atoms with Crippen LogP contribution in [-0.2, 0) is 11.3 Å². The second kappa shape index (κ2) is 4.19. The number of hydrogen-bond donors (Lipinski definition) is 2. The molecule has 0 aliphatic heterocycles. The maximum absolute atomic E-state index is 10.6. The van der Waals surface area contributed by atoms with Gasteiger partial charge in [0.2, 0.25) is 0 Å². The Kier molecular flexibility index (Phi) is 2.74. The minimum Gasteiger partial charge on any atom is -0.476 e. The Balaban J connectivity index is 2.24. The van der Waals surface area contributed by atoms with Crippen molar-refractivity contribution in [3.63, 3.8) is 0 Å². The summed E-state index contributed by atoms with van der Waals surface area (Å²) in [6.07, 6.45) is 0. The zero-order valence-electron chi connectivity index (χ0n) is 8.56. The molecule has 6 nitrogen and oxygen atoms in total. The van der Waals surface area contributed by atoms with Gasteiger partial charge in [0.25, 0.3) is 0 Å². The molecular formula is C10H10N2O4. The quantitative estimate of drug-likeness (QED) is 0.818. The molecule has 0 bridgehead atoms. The SMILES string of the molecule is COCc1ccc(-c2cc(C(=O)O)n[nH]2)o1. The summed E-state index contributed by atoms with van der Waals surface area (Å²) in [6, 6.07) is 4.91. The molecular weight excluding hydrogens is 212 g/mol. The Labute approximate surface area is 90.8 Å². The molecule has 2 rings (SSSR count). The van der Waals surface area contributed by atoms with Crippen molar-refractivity contribution in [2.75, 3.05) is 7.11 Å². The molecule has 0 amide bonds. The van der Waals surface area contributed by atoms with Crippen LogP contribution in [0.15, 0.2) is 22.6 Å². The fourth-order valence-electron chi connectivity index (χ4n) is 1.30. The summed E-state index contributed by atoms with van der Waals surface area (Å²) in [6.45, 7) is 0.375. The summed E-state index contributed by atoms with van der Waals surface area (Å²) in [7, 11) is 1.57. The van der Waals surface area contributed by atoms with E-state index < -0.39 is 5.97 Å². The van der Waals surface area contributed by atoms with Crippen molar-refractivity contribution in [1.29, 1.82) is 0 Å². The second-order valence-corrected chi connectivity index (χ2v) is 3.17. The molecule has 0 aliphatic carbocycles. The van der Waals surface area contributed by atoms with Gasteiger partial charge in [-0.1, -0.05) is 0 Å². The van der Waals surface area contributed by atoms with Crippen molar-refractivity contribution >= 4 is 5.97 Å². The van der Waals surface area contributed by atoms with Crippen LogP contribution in [0.2, 0.25) is 0 Å². The van der Waals surface area contributed by atoms with Gasteiger partial charge in [0.15, 0.2) is 11.5 Å². The summed E-state index contributed by atoms with van der Waals surface area (Å²) in [5, 5.41) is 14.9. The lowest BCUT2D eigenvalue weighted by molar-refractivity contribution is 0.0690. The molecule has 16 heavy (non-hydrogen) atoms. The zero-order chi connectivity index (χ0) is 11.5. The lowest BCUT2D eigenvalue weighted by Gasteiger charge is -1.92. The third-order valence-corrected chi connectivity index (χ3v) is 2.01. The first-order valence-corrected chi connectivity index (χ1v) is 4.57. The van der Waals surface area contributed by atoms with Crippen molar-refractivity contribution in [3.05, 3.63) is 29.7 Å². The molecule has 0 radical (unpaired) electrons. The summed E-state index contributed by atoms with van der Waals surface area (Å²) in [5.41, 5.74) is 0.486. The van der Waals surface area contributed by atoms with Crippen LogP contribution in [-0.4, -0.2) is 28.4 Å². The molecule has 84 valence electrons. The number of carboxylic acid groups (broad SMARTS) is 1. The van der Waals surface area contributed by atoms with Gasteiger partial charge in [0, 0.05) is 13.2 Å². The van der Waals surface area contributed by atoms with Gasteiger partial charge in [-0.15, -0.1) is 0 Å². The minimum atomic E-state index is -1.08. The maximum Gasteiger partial charge on any atom is 0.356 e. The normalized spacial score (nSPS) is 10.6. The summed E-state index contributed by atoms with van der Waals surface area (Å²) >= 11 is 0. The molecule has 0 fully saturated rings. The number of ether oxygens (including phenoxy) is 1. The second-order valence-electron chi connectivity index (χ2n) is 3.17. The van der Waals surface area contributed by atoms with Gasteiger partial charge >= 0.3 is 5.97 Å². The van der Waals surface area contributed by atoms with E-state index >= 15 is 0 Å². The third-order valence-electron chi connectivity index (χ3n) is 2.01. The van der Waals surface area contributed by atoms with Crippen LogP contribution >= 0.6 is 0 Å². The van der Waals surface area contributed by atoms with Crippen molar-refractivity contribution in [3.8, 4) is 11.5 Å². The molecule has 0 saturated heterocycles. The number of aromatic amines is 1. The molecule has 0 spiro atoms. The Morgan fingerprint density at radius 1 is 1.62 bits per heavy atom. The minimum absolute atomic E-state index is 0.0420. The lowest BCUT2D eigenvalue weighted by Crippen LogP contribution is -1.95. The molecule has 0 saturated carbocycles. The molecule has 2 N–H and O–H groups in total. The van der Waals surface area contributed by atoms with E-state index in [1.54, 1.807) is 19.2 Å². The Hall–Kier alpha value is -2.08. The number of H-pyrrole nitrogens is 1. The summed E-state index contributed by atoms with van der Waals surface area (Å²) in [5.74, 6) is 0.127. The smallest absolute Gasteiger partial charge is 0.356 e. The lowest BCUT2D eigenvalue weighted by atomic mass is 10.3. The third kappa shape index (κ3) is 1.96. The average Bonchev–Trinajstić information content (AvgIpc) is 2.84. The molecule has 2 aromatic rings. The van der Waals surface area contributed by atoms with E-state index in [4.69, 9.17) is 14.3 Å². The van der Waals surface area contributed by atoms with Crippen LogP contribution in [0.3, 0.4) is 0 Å². The van der Waals surface area contributed by atoms with E-state index in [1.807, 2.05) is 0 Å². The molecule has 0 aliphatic rings. The van der Waals surface area contributed by atoms with E-state index in [-0.39, 0.29) is 5.69 Å². The molecule has 0 aromatic carbocycles. The van der Waals surface area contributed by atoms with Crippen molar-refractivity contribution in [1.82, 2.24) is 10.2 Å². The standard InChI is InChI=1S/C10H10N2O4/c1-15-5-6-2-3-9(16-6)7-4-8(10(13)14)12-11-7/h2-4H,5H2,1H3,(H,11,12)(H,13,14). The number of carboxylic acids is 1. The van der Waals surface area contributed by atoms with E-state index in [0.29, 0.717) is 23.8 Å². The molecule has 2 aromatic heterocycles. The van der Waals surface area contributed by atoms with Crippen LogP contribution in [0, 0.1) is 0 Å². The number of aromatic carboxylic acids is 1. The van der Waals surface area contributed by atoms with Crippen molar-refractivity contribution in [2.45, 2.75) is 6.61 Å². The number of carbonyl (C=O) groups is 1. The van der Waals surface area contributed by atoms with Crippen LogP contribution in [0.4, 0.5) is 0 Å². The van der Waals surface area contributed by atoms with Crippen LogP contribution < -0.4 is 0 Å². The topological polar surface area (TPSA) is 88.4 Å². The van der Waals surface area contributed by atoms with Gasteiger partial charge in [0.05, 0.1) is 0 Å². The predicted octanol–water partition coefficient (Wildman–Crippen LogP) is 1.51. The first kappa shape index (κ1) is 10.4. The highest BCUT2D eigenvalue weighted by Gasteiger charge is 2.12. The molecule has 2 heterocycles. The van der Waals surface area contributed by atoms with Crippen molar-refractivity contribution in [2.24, 2.45) is 0 Å². The van der Waals surface area contributed by atoms with Crippen molar-refractivity contribution < 1.29 is 19.1 Å². The Morgan fingerprint density at radius 2 is 2.44 bits per heavy atom. The first-order chi connectivity index (χ1) is 7.70. The fraction of sp³-hybridized carbons (Fsp3) is 0.200. The van der Waals surface area contributed by atoms with E-state index in [9.17, 15) is 4.79 Å². The highest BCUT2D eigenvalue weighted by Crippen LogP contribution is 2.21. The number of nitrogens with one attached hydrogen (secondary N) is 1. The highest BCUT2D eigenvalue weighted by atomic mass is 16.5. The molecule has 6 heteroatoms. The van der Waals surface area contributed by atoms with Gasteiger partial charge in [0.1, 0.15) is 18.1 Å².